The quantitative estimate of drug-likeness (QED) is 0.327. The number of hydrogen-bond acceptors (Lipinski definition) is 6. The van der Waals surface area contributed by atoms with Crippen molar-refractivity contribution in [3.05, 3.63) is 77.6 Å². The molecule has 2 aliphatic heterocycles. The molecule has 1 saturated heterocycles. The summed E-state index contributed by atoms with van der Waals surface area (Å²) in [6.45, 7) is 0.401. The molecule has 160 valence electrons. The topological polar surface area (TPSA) is 53.8 Å². The number of fused-ring (bicyclic) bond motifs is 2. The van der Waals surface area contributed by atoms with Crippen LogP contribution in [0.3, 0.4) is 0 Å². The number of amides is 2. The molecule has 0 aliphatic carbocycles. The van der Waals surface area contributed by atoms with Crippen LogP contribution >= 0.6 is 35.7 Å². The fourth-order valence-electron chi connectivity index (χ4n) is 3.67. The molecule has 2 aromatic carbocycles. The second-order valence-electron chi connectivity index (χ2n) is 7.22. The molecule has 5 rings (SSSR count). The van der Waals surface area contributed by atoms with Gasteiger partial charge in [-0.15, -0.1) is 0 Å². The molecule has 1 aromatic heterocycles. The van der Waals surface area contributed by atoms with Crippen molar-refractivity contribution < 1.29 is 14.0 Å². The summed E-state index contributed by atoms with van der Waals surface area (Å²) in [6, 6.07) is 19.4. The maximum atomic E-state index is 13.3. The summed E-state index contributed by atoms with van der Waals surface area (Å²) in [5.74, 6) is 0.469. The Bertz CT molecular complexity index is 1190. The van der Waals surface area contributed by atoms with Gasteiger partial charge in [-0.1, -0.05) is 60.0 Å². The zero-order valence-electron chi connectivity index (χ0n) is 16.9. The Labute approximate surface area is 199 Å². The van der Waals surface area contributed by atoms with Gasteiger partial charge in [0.1, 0.15) is 10.1 Å². The lowest BCUT2D eigenvalue weighted by atomic mass is 10.2. The number of carbonyl (C=O) groups is 2. The number of hydrogen-bond donors (Lipinski definition) is 0. The second-order valence-corrected chi connectivity index (χ2v) is 9.98. The Hall–Kier alpha value is -2.81. The third kappa shape index (κ3) is 4.01. The zero-order valence-corrected chi connectivity index (χ0v) is 19.3. The Balaban J connectivity index is 1.28. The highest BCUT2D eigenvalue weighted by atomic mass is 32.2. The van der Waals surface area contributed by atoms with Crippen LogP contribution < -0.4 is 4.90 Å². The molecular formula is C24H18N2O3S3. The van der Waals surface area contributed by atoms with Gasteiger partial charge in [-0.2, -0.15) is 0 Å². The van der Waals surface area contributed by atoms with Crippen molar-refractivity contribution >= 4 is 69.3 Å². The van der Waals surface area contributed by atoms with Crippen LogP contribution in [0.25, 0.3) is 6.08 Å². The molecule has 2 aliphatic rings. The molecular weight excluding hydrogens is 460 g/mol. The lowest BCUT2D eigenvalue weighted by Gasteiger charge is -2.31. The van der Waals surface area contributed by atoms with E-state index in [1.54, 1.807) is 46.0 Å². The highest BCUT2D eigenvalue weighted by molar-refractivity contribution is 8.26. The van der Waals surface area contributed by atoms with Crippen LogP contribution in [0.2, 0.25) is 0 Å². The Morgan fingerprint density at radius 1 is 0.969 bits per heavy atom. The van der Waals surface area contributed by atoms with Crippen molar-refractivity contribution in [2.75, 3.05) is 11.4 Å². The van der Waals surface area contributed by atoms with Crippen LogP contribution in [0.4, 0.5) is 11.4 Å². The number of furan rings is 1. The standard InChI is InChI=1S/C24H18N2O3S3/c27-22(26-17-8-1-3-10-19(17)31-20-11-4-2-9-18(20)26)12-5-13-25-23(28)21(32-24(25)30)15-16-7-6-14-29-16/h1-4,6-11,14-15H,5,12-13H2. The fourth-order valence-corrected chi connectivity index (χ4v) is 6.02. The Morgan fingerprint density at radius 2 is 1.66 bits per heavy atom. The number of thiocarbonyl (C=S) groups is 1. The first-order chi connectivity index (χ1) is 15.6. The van der Waals surface area contributed by atoms with Crippen molar-refractivity contribution in [3.63, 3.8) is 0 Å². The predicted octanol–water partition coefficient (Wildman–Crippen LogP) is 6.09. The maximum Gasteiger partial charge on any atom is 0.266 e. The van der Waals surface area contributed by atoms with E-state index in [4.69, 9.17) is 16.6 Å². The third-order valence-electron chi connectivity index (χ3n) is 5.14. The first-order valence-electron chi connectivity index (χ1n) is 10.1. The molecule has 0 unspecified atom stereocenters. The normalized spacial score (nSPS) is 16.4. The molecule has 0 spiro atoms. The smallest absolute Gasteiger partial charge is 0.266 e. The van der Waals surface area contributed by atoms with E-state index < -0.39 is 0 Å². The largest absolute Gasteiger partial charge is 0.465 e. The van der Waals surface area contributed by atoms with Crippen LogP contribution in [0.15, 0.2) is 86.0 Å². The molecule has 3 aromatic rings. The van der Waals surface area contributed by atoms with E-state index in [2.05, 4.69) is 0 Å². The maximum absolute atomic E-state index is 13.3. The van der Waals surface area contributed by atoms with Gasteiger partial charge in [0.25, 0.3) is 5.91 Å². The van der Waals surface area contributed by atoms with Gasteiger partial charge in [0.05, 0.1) is 22.5 Å². The molecule has 0 saturated carbocycles. The molecule has 5 nitrogen and oxygen atoms in total. The van der Waals surface area contributed by atoms with Crippen molar-refractivity contribution in [1.29, 1.82) is 0 Å². The van der Waals surface area contributed by atoms with E-state index >= 15 is 0 Å². The third-order valence-corrected chi connectivity index (χ3v) is 7.65. The van der Waals surface area contributed by atoms with Crippen molar-refractivity contribution in [3.8, 4) is 0 Å². The number of nitrogens with zero attached hydrogens (tertiary/aromatic N) is 2. The number of anilines is 2. The van der Waals surface area contributed by atoms with Gasteiger partial charge in [0, 0.05) is 28.8 Å². The molecule has 8 heteroatoms. The van der Waals surface area contributed by atoms with Crippen LogP contribution in [0, 0.1) is 0 Å². The summed E-state index contributed by atoms with van der Waals surface area (Å²) < 4.78 is 5.80. The first-order valence-corrected chi connectivity index (χ1v) is 12.1. The average molecular weight is 479 g/mol. The summed E-state index contributed by atoms with van der Waals surface area (Å²) in [6.07, 6.45) is 4.09. The van der Waals surface area contributed by atoms with E-state index in [-0.39, 0.29) is 11.8 Å². The summed E-state index contributed by atoms with van der Waals surface area (Å²) in [5.41, 5.74) is 1.79. The molecule has 0 bridgehead atoms. The zero-order chi connectivity index (χ0) is 22.1. The monoisotopic (exact) mass is 478 g/mol. The number of carbonyl (C=O) groups excluding carboxylic acids is 2. The van der Waals surface area contributed by atoms with Crippen LogP contribution in [0.5, 0.6) is 0 Å². The number of rotatable bonds is 5. The van der Waals surface area contributed by atoms with E-state index in [0.29, 0.717) is 34.4 Å². The van der Waals surface area contributed by atoms with Gasteiger partial charge >= 0.3 is 0 Å². The molecule has 0 atom stereocenters. The van der Waals surface area contributed by atoms with E-state index in [1.165, 1.54) is 11.8 Å². The van der Waals surface area contributed by atoms with Crippen LogP contribution in [-0.4, -0.2) is 27.6 Å². The van der Waals surface area contributed by atoms with Gasteiger partial charge < -0.3 is 4.42 Å². The van der Waals surface area contributed by atoms with Crippen LogP contribution in [0.1, 0.15) is 18.6 Å². The molecule has 0 N–H and O–H groups in total. The minimum absolute atomic E-state index is 0.00164. The first kappa shape index (κ1) is 21.1. The summed E-state index contributed by atoms with van der Waals surface area (Å²) >= 11 is 8.33. The van der Waals surface area contributed by atoms with Gasteiger partial charge in [0.15, 0.2) is 0 Å². The summed E-state index contributed by atoms with van der Waals surface area (Å²) in [5, 5.41) is 0. The summed E-state index contributed by atoms with van der Waals surface area (Å²) in [7, 11) is 0. The molecule has 1 fully saturated rings. The number of benzene rings is 2. The highest BCUT2D eigenvalue weighted by Crippen LogP contribution is 2.48. The van der Waals surface area contributed by atoms with Crippen LogP contribution in [-0.2, 0) is 9.59 Å². The molecule has 32 heavy (non-hydrogen) atoms. The Kier molecular flexibility index (Phi) is 5.91. The molecule has 2 amide bonds. The number of para-hydroxylation sites is 2. The number of thioether (sulfide) groups is 1. The van der Waals surface area contributed by atoms with Crippen molar-refractivity contribution in [1.82, 2.24) is 4.90 Å². The average Bonchev–Trinajstić information content (AvgIpc) is 3.41. The van der Waals surface area contributed by atoms with E-state index in [9.17, 15) is 9.59 Å². The lowest BCUT2D eigenvalue weighted by molar-refractivity contribution is -0.123. The highest BCUT2D eigenvalue weighted by Gasteiger charge is 2.33. The molecule has 0 radical (unpaired) electrons. The predicted molar refractivity (Wildman–Crippen MR) is 132 cm³/mol. The van der Waals surface area contributed by atoms with E-state index in [0.717, 1.165) is 21.2 Å². The molecule has 3 heterocycles. The van der Waals surface area contributed by atoms with Gasteiger partial charge in [-0.3, -0.25) is 19.4 Å². The SMILES string of the molecule is O=C1C(=Cc2ccco2)SC(=S)N1CCCC(=O)N1c2ccccc2Sc2ccccc21. The second kappa shape index (κ2) is 8.97. The Morgan fingerprint density at radius 3 is 2.31 bits per heavy atom. The van der Waals surface area contributed by atoms with Gasteiger partial charge in [0.2, 0.25) is 5.91 Å². The summed E-state index contributed by atoms with van der Waals surface area (Å²) in [4.78, 5) is 32.0. The van der Waals surface area contributed by atoms with Gasteiger partial charge in [-0.05, 0) is 42.8 Å². The minimum atomic E-state index is -0.145. The minimum Gasteiger partial charge on any atom is -0.465 e. The fraction of sp³-hybridized carbons (Fsp3) is 0.125. The van der Waals surface area contributed by atoms with Crippen molar-refractivity contribution in [2.24, 2.45) is 0 Å². The lowest BCUT2D eigenvalue weighted by Crippen LogP contribution is -2.32. The van der Waals surface area contributed by atoms with E-state index in [1.807, 2.05) is 48.5 Å². The van der Waals surface area contributed by atoms with Crippen molar-refractivity contribution in [2.45, 2.75) is 22.6 Å². The van der Waals surface area contributed by atoms with Gasteiger partial charge in [-0.25, -0.2) is 0 Å².